The first-order chi connectivity index (χ1) is 9.29. The maximum atomic E-state index is 12.0. The standard InChI is InChI=1S/C14H21N3O2/c1-2-12-19-13-4-9-16(10-5-13)14(18)6-11-17-8-3-7-15-17/h2-3,7-8,13H,1,4-6,9-12H2. The van der Waals surface area contributed by atoms with Crippen molar-refractivity contribution in [3.8, 4) is 0 Å². The number of piperidine rings is 1. The molecule has 1 aromatic rings. The summed E-state index contributed by atoms with van der Waals surface area (Å²) in [6.07, 6.45) is 7.99. The minimum absolute atomic E-state index is 0.206. The van der Waals surface area contributed by atoms with Crippen LogP contribution in [0.5, 0.6) is 0 Å². The molecule has 1 aliphatic rings. The fourth-order valence-electron chi connectivity index (χ4n) is 2.28. The van der Waals surface area contributed by atoms with Crippen molar-refractivity contribution >= 4 is 5.91 Å². The molecule has 0 bridgehead atoms. The summed E-state index contributed by atoms with van der Waals surface area (Å²) in [5, 5.41) is 4.10. The molecule has 0 N–H and O–H groups in total. The predicted octanol–water partition coefficient (Wildman–Crippen LogP) is 1.47. The lowest BCUT2D eigenvalue weighted by Crippen LogP contribution is -2.41. The first-order valence-corrected chi connectivity index (χ1v) is 6.77. The maximum absolute atomic E-state index is 12.0. The molecule has 5 nitrogen and oxygen atoms in total. The SMILES string of the molecule is C=CCOC1CCN(C(=O)CCn2cccn2)CC1. The van der Waals surface area contributed by atoms with Crippen LogP contribution in [0.4, 0.5) is 0 Å². The van der Waals surface area contributed by atoms with Crippen molar-refractivity contribution in [2.45, 2.75) is 31.9 Å². The van der Waals surface area contributed by atoms with E-state index in [0.717, 1.165) is 25.9 Å². The Bertz CT molecular complexity index is 395. The van der Waals surface area contributed by atoms with Gasteiger partial charge in [0.15, 0.2) is 0 Å². The quantitative estimate of drug-likeness (QED) is 0.730. The molecule has 104 valence electrons. The molecule has 2 heterocycles. The highest BCUT2D eigenvalue weighted by atomic mass is 16.5. The smallest absolute Gasteiger partial charge is 0.224 e. The van der Waals surface area contributed by atoms with Gasteiger partial charge in [0.25, 0.3) is 0 Å². The average molecular weight is 263 g/mol. The molecule has 1 aliphatic heterocycles. The number of rotatable bonds is 6. The second-order valence-corrected chi connectivity index (χ2v) is 4.72. The summed E-state index contributed by atoms with van der Waals surface area (Å²) in [5.74, 6) is 0.206. The summed E-state index contributed by atoms with van der Waals surface area (Å²) in [7, 11) is 0. The highest BCUT2D eigenvalue weighted by Crippen LogP contribution is 2.14. The Morgan fingerprint density at radius 2 is 2.26 bits per heavy atom. The van der Waals surface area contributed by atoms with Crippen LogP contribution in [0.2, 0.25) is 0 Å². The van der Waals surface area contributed by atoms with Crippen LogP contribution in [0.15, 0.2) is 31.1 Å². The van der Waals surface area contributed by atoms with E-state index in [0.29, 0.717) is 19.6 Å². The topological polar surface area (TPSA) is 47.4 Å². The lowest BCUT2D eigenvalue weighted by Gasteiger charge is -2.31. The van der Waals surface area contributed by atoms with Crippen LogP contribution in [-0.2, 0) is 16.1 Å². The number of likely N-dealkylation sites (tertiary alicyclic amines) is 1. The Hall–Kier alpha value is -1.62. The Morgan fingerprint density at radius 1 is 1.47 bits per heavy atom. The molecule has 2 rings (SSSR count). The number of aryl methyl sites for hydroxylation is 1. The molecule has 0 aromatic carbocycles. The number of carbonyl (C=O) groups excluding carboxylic acids is 1. The number of nitrogens with zero attached hydrogens (tertiary/aromatic N) is 3. The van der Waals surface area contributed by atoms with E-state index in [1.165, 1.54) is 0 Å². The Morgan fingerprint density at radius 3 is 2.89 bits per heavy atom. The highest BCUT2D eigenvalue weighted by Gasteiger charge is 2.22. The van der Waals surface area contributed by atoms with Crippen LogP contribution >= 0.6 is 0 Å². The average Bonchev–Trinajstić information content (AvgIpc) is 2.96. The van der Waals surface area contributed by atoms with Crippen LogP contribution < -0.4 is 0 Å². The van der Waals surface area contributed by atoms with Gasteiger partial charge in [0.1, 0.15) is 0 Å². The van der Waals surface area contributed by atoms with Gasteiger partial charge < -0.3 is 9.64 Å². The molecule has 5 heteroatoms. The molecule has 0 spiro atoms. The minimum Gasteiger partial charge on any atom is -0.374 e. The van der Waals surface area contributed by atoms with E-state index in [4.69, 9.17) is 4.74 Å². The van der Waals surface area contributed by atoms with Crippen LogP contribution in [0.3, 0.4) is 0 Å². The molecule has 0 radical (unpaired) electrons. The van der Waals surface area contributed by atoms with Gasteiger partial charge in [0, 0.05) is 38.4 Å². The van der Waals surface area contributed by atoms with Gasteiger partial charge in [-0.05, 0) is 18.9 Å². The van der Waals surface area contributed by atoms with Crippen LogP contribution in [-0.4, -0.2) is 46.4 Å². The summed E-state index contributed by atoms with van der Waals surface area (Å²) in [4.78, 5) is 14.0. The van der Waals surface area contributed by atoms with E-state index < -0.39 is 0 Å². The van der Waals surface area contributed by atoms with Gasteiger partial charge >= 0.3 is 0 Å². The summed E-state index contributed by atoms with van der Waals surface area (Å²) in [6.45, 7) is 6.47. The van der Waals surface area contributed by atoms with Crippen LogP contribution in [0.1, 0.15) is 19.3 Å². The van der Waals surface area contributed by atoms with E-state index in [9.17, 15) is 4.79 Å². The molecule has 1 fully saturated rings. The van der Waals surface area contributed by atoms with E-state index in [-0.39, 0.29) is 12.0 Å². The van der Waals surface area contributed by atoms with Crippen molar-refractivity contribution in [1.82, 2.24) is 14.7 Å². The second kappa shape index (κ2) is 7.09. The zero-order valence-corrected chi connectivity index (χ0v) is 11.2. The number of hydrogen-bond acceptors (Lipinski definition) is 3. The third-order valence-corrected chi connectivity index (χ3v) is 3.36. The maximum Gasteiger partial charge on any atom is 0.224 e. The summed E-state index contributed by atoms with van der Waals surface area (Å²) < 4.78 is 7.40. The Balaban J connectivity index is 1.68. The zero-order valence-electron chi connectivity index (χ0n) is 11.2. The number of hydrogen-bond donors (Lipinski definition) is 0. The van der Waals surface area contributed by atoms with Crippen LogP contribution in [0.25, 0.3) is 0 Å². The Kier molecular flexibility index (Phi) is 5.15. The molecular weight excluding hydrogens is 242 g/mol. The first-order valence-electron chi connectivity index (χ1n) is 6.77. The van der Waals surface area contributed by atoms with Gasteiger partial charge in [-0.2, -0.15) is 5.10 Å². The highest BCUT2D eigenvalue weighted by molar-refractivity contribution is 5.76. The van der Waals surface area contributed by atoms with E-state index in [2.05, 4.69) is 11.7 Å². The molecule has 0 saturated carbocycles. The summed E-state index contributed by atoms with van der Waals surface area (Å²) in [5.41, 5.74) is 0. The molecule has 0 atom stereocenters. The minimum atomic E-state index is 0.206. The number of aromatic nitrogens is 2. The van der Waals surface area contributed by atoms with Gasteiger partial charge in [0.05, 0.1) is 12.7 Å². The van der Waals surface area contributed by atoms with Crippen molar-refractivity contribution in [1.29, 1.82) is 0 Å². The zero-order chi connectivity index (χ0) is 13.5. The van der Waals surface area contributed by atoms with Gasteiger partial charge in [-0.15, -0.1) is 6.58 Å². The van der Waals surface area contributed by atoms with E-state index in [1.54, 1.807) is 17.0 Å². The van der Waals surface area contributed by atoms with Gasteiger partial charge in [-0.3, -0.25) is 9.48 Å². The van der Waals surface area contributed by atoms with Crippen LogP contribution in [0, 0.1) is 0 Å². The number of ether oxygens (including phenoxy) is 1. The molecule has 0 unspecified atom stereocenters. The van der Waals surface area contributed by atoms with Crippen molar-refractivity contribution in [3.63, 3.8) is 0 Å². The van der Waals surface area contributed by atoms with Crippen molar-refractivity contribution in [2.24, 2.45) is 0 Å². The van der Waals surface area contributed by atoms with Crippen molar-refractivity contribution in [2.75, 3.05) is 19.7 Å². The van der Waals surface area contributed by atoms with Crippen molar-refractivity contribution < 1.29 is 9.53 Å². The molecule has 1 aromatic heterocycles. The second-order valence-electron chi connectivity index (χ2n) is 4.72. The fourth-order valence-corrected chi connectivity index (χ4v) is 2.28. The predicted molar refractivity (Wildman–Crippen MR) is 72.6 cm³/mol. The lowest BCUT2D eigenvalue weighted by atomic mass is 10.1. The van der Waals surface area contributed by atoms with Crippen molar-refractivity contribution in [3.05, 3.63) is 31.1 Å². The third-order valence-electron chi connectivity index (χ3n) is 3.36. The molecule has 0 aliphatic carbocycles. The van der Waals surface area contributed by atoms with Gasteiger partial charge in [-0.1, -0.05) is 6.08 Å². The van der Waals surface area contributed by atoms with E-state index in [1.807, 2.05) is 17.2 Å². The number of carbonyl (C=O) groups is 1. The molecular formula is C14H21N3O2. The largest absolute Gasteiger partial charge is 0.374 e. The summed E-state index contributed by atoms with van der Waals surface area (Å²) >= 11 is 0. The van der Waals surface area contributed by atoms with Gasteiger partial charge in [0.2, 0.25) is 5.91 Å². The lowest BCUT2D eigenvalue weighted by molar-refractivity contribution is -0.134. The van der Waals surface area contributed by atoms with Gasteiger partial charge in [-0.25, -0.2) is 0 Å². The molecule has 1 amide bonds. The molecule has 19 heavy (non-hydrogen) atoms. The molecule has 1 saturated heterocycles. The third kappa shape index (κ3) is 4.21. The Labute approximate surface area is 113 Å². The first kappa shape index (κ1) is 13.8. The fraction of sp³-hybridized carbons (Fsp3) is 0.571. The summed E-state index contributed by atoms with van der Waals surface area (Å²) in [6, 6.07) is 1.87. The normalized spacial score (nSPS) is 16.5. The van der Waals surface area contributed by atoms with E-state index >= 15 is 0 Å². The number of amides is 1. The monoisotopic (exact) mass is 263 g/mol.